The molecule has 120 valence electrons. The van der Waals surface area contributed by atoms with E-state index in [0.29, 0.717) is 5.92 Å². The zero-order valence-electron chi connectivity index (χ0n) is 13.2. The lowest BCUT2D eigenvalue weighted by Gasteiger charge is -2.28. The van der Waals surface area contributed by atoms with Crippen molar-refractivity contribution < 1.29 is 4.90 Å². The summed E-state index contributed by atoms with van der Waals surface area (Å²) in [5.41, 5.74) is 1.15. The Morgan fingerprint density at radius 3 is 2.74 bits per heavy atom. The van der Waals surface area contributed by atoms with Gasteiger partial charge in [-0.25, -0.2) is 4.98 Å². The molecule has 1 aromatic carbocycles. The third kappa shape index (κ3) is 2.98. The molecule has 3 heterocycles. The monoisotopic (exact) mass is 345 g/mol. The second-order valence-electron chi connectivity index (χ2n) is 6.36. The summed E-state index contributed by atoms with van der Waals surface area (Å²) >= 11 is 7.31. The molecule has 3 aromatic rings. The number of hydrogen-bond acceptors (Lipinski definition) is 3. The Morgan fingerprint density at radius 2 is 2.04 bits per heavy atom. The number of imidazole rings is 1. The summed E-state index contributed by atoms with van der Waals surface area (Å²) in [6, 6.07) is 8.46. The lowest BCUT2D eigenvalue weighted by atomic mass is 9.98. The van der Waals surface area contributed by atoms with Crippen LogP contribution in [0.4, 0.5) is 0 Å². The van der Waals surface area contributed by atoms with Crippen LogP contribution in [0.5, 0.6) is 0 Å². The number of aryl methyl sites for hydroxylation is 1. The second kappa shape index (κ2) is 6.19. The third-order valence-electron chi connectivity index (χ3n) is 4.76. The fourth-order valence-corrected chi connectivity index (χ4v) is 4.69. The van der Waals surface area contributed by atoms with Crippen LogP contribution >= 0.6 is 23.6 Å². The first-order chi connectivity index (χ1) is 11.2. The van der Waals surface area contributed by atoms with Crippen molar-refractivity contribution in [2.75, 3.05) is 13.1 Å². The number of hydrogen-bond donors (Lipinski definition) is 1. The van der Waals surface area contributed by atoms with Gasteiger partial charge in [-0.2, -0.15) is 0 Å². The molecular formula is C17H21N4S2+. The molecule has 0 amide bonds. The topological polar surface area (TPSA) is 27.2 Å². The van der Waals surface area contributed by atoms with Gasteiger partial charge in [0.2, 0.25) is 0 Å². The van der Waals surface area contributed by atoms with E-state index in [1.54, 1.807) is 4.90 Å². The summed E-state index contributed by atoms with van der Waals surface area (Å²) < 4.78 is 6.41. The molecule has 0 aliphatic carbocycles. The van der Waals surface area contributed by atoms with Crippen LogP contribution in [0.25, 0.3) is 10.2 Å². The average Bonchev–Trinajstić information content (AvgIpc) is 3.14. The van der Waals surface area contributed by atoms with Crippen LogP contribution in [-0.2, 0) is 13.7 Å². The van der Waals surface area contributed by atoms with Gasteiger partial charge in [0.15, 0.2) is 11.4 Å². The molecule has 1 N–H and O–H groups in total. The zero-order chi connectivity index (χ0) is 15.8. The lowest BCUT2D eigenvalue weighted by Crippen LogP contribution is -3.12. The first-order valence-electron chi connectivity index (χ1n) is 8.11. The summed E-state index contributed by atoms with van der Waals surface area (Å²) in [6.45, 7) is 3.36. The van der Waals surface area contributed by atoms with Gasteiger partial charge in [-0.1, -0.05) is 12.1 Å². The normalized spacial score (nSPS) is 21.8. The number of rotatable bonds is 3. The predicted octanol–water partition coefficient (Wildman–Crippen LogP) is 2.59. The van der Waals surface area contributed by atoms with Crippen LogP contribution in [0.3, 0.4) is 0 Å². The first kappa shape index (κ1) is 15.1. The van der Waals surface area contributed by atoms with E-state index < -0.39 is 0 Å². The summed E-state index contributed by atoms with van der Waals surface area (Å²) in [4.78, 5) is 6.46. The van der Waals surface area contributed by atoms with Crippen molar-refractivity contribution in [2.45, 2.75) is 25.4 Å². The van der Waals surface area contributed by atoms with E-state index >= 15 is 0 Å². The molecule has 0 bridgehead atoms. The largest absolute Gasteiger partial charge is 0.327 e. The highest BCUT2D eigenvalue weighted by Gasteiger charge is 2.26. The Morgan fingerprint density at radius 1 is 1.26 bits per heavy atom. The van der Waals surface area contributed by atoms with Crippen molar-refractivity contribution in [3.63, 3.8) is 0 Å². The highest BCUT2D eigenvalue weighted by molar-refractivity contribution is 7.71. The molecule has 6 heteroatoms. The van der Waals surface area contributed by atoms with Crippen molar-refractivity contribution in [3.8, 4) is 0 Å². The van der Waals surface area contributed by atoms with Crippen molar-refractivity contribution in [3.05, 3.63) is 46.4 Å². The summed E-state index contributed by atoms with van der Waals surface area (Å²) in [7, 11) is 2.01. The number of piperidine rings is 1. The Labute approximate surface area is 145 Å². The van der Waals surface area contributed by atoms with Gasteiger partial charge >= 0.3 is 0 Å². The van der Waals surface area contributed by atoms with Gasteiger partial charge in [-0.15, -0.1) is 11.3 Å². The van der Waals surface area contributed by atoms with E-state index in [2.05, 4.69) is 35.0 Å². The SMILES string of the molecule is Cn1ccn(C[NH+]2CCC(c3nc4ccccc4s3)CC2)c1=S. The smallest absolute Gasteiger partial charge is 0.183 e. The zero-order valence-corrected chi connectivity index (χ0v) is 14.9. The van der Waals surface area contributed by atoms with Gasteiger partial charge in [-0.3, -0.25) is 4.57 Å². The van der Waals surface area contributed by atoms with Crippen LogP contribution in [0, 0.1) is 4.77 Å². The standard InChI is InChI=1S/C17H20N4S2/c1-19-10-11-21(17(19)22)12-20-8-6-13(7-9-20)16-18-14-4-2-3-5-15(14)23-16/h2-5,10-11,13H,6-9,12H2,1H3/p+1. The maximum atomic E-state index is 5.44. The number of aromatic nitrogens is 3. The van der Waals surface area contributed by atoms with E-state index in [1.165, 1.54) is 35.6 Å². The molecule has 1 aliphatic rings. The minimum Gasteiger partial charge on any atom is -0.327 e. The Kier molecular flexibility index (Phi) is 4.05. The number of nitrogens with zero attached hydrogens (tertiary/aromatic N) is 3. The lowest BCUT2D eigenvalue weighted by molar-refractivity contribution is -0.928. The number of quaternary nitrogens is 1. The molecule has 4 rings (SSSR count). The third-order valence-corrected chi connectivity index (χ3v) is 6.49. The highest BCUT2D eigenvalue weighted by atomic mass is 32.1. The van der Waals surface area contributed by atoms with Crippen LogP contribution in [0.2, 0.25) is 0 Å². The van der Waals surface area contributed by atoms with Crippen LogP contribution in [-0.4, -0.2) is 27.2 Å². The fraction of sp³-hybridized carbons (Fsp3) is 0.412. The molecule has 2 aromatic heterocycles. The van der Waals surface area contributed by atoms with Crippen LogP contribution in [0.15, 0.2) is 36.7 Å². The van der Waals surface area contributed by atoms with E-state index in [0.717, 1.165) is 17.0 Å². The highest BCUT2D eigenvalue weighted by Crippen LogP contribution is 2.31. The summed E-state index contributed by atoms with van der Waals surface area (Å²) in [6.07, 6.45) is 6.56. The molecule has 1 fully saturated rings. The molecule has 0 spiro atoms. The molecule has 1 aliphatic heterocycles. The van der Waals surface area contributed by atoms with Crippen LogP contribution in [0.1, 0.15) is 23.8 Å². The van der Waals surface area contributed by atoms with E-state index in [4.69, 9.17) is 17.2 Å². The van der Waals surface area contributed by atoms with Gasteiger partial charge in [0.05, 0.1) is 28.3 Å². The number of para-hydroxylation sites is 1. The Hall–Kier alpha value is -1.50. The quantitative estimate of drug-likeness (QED) is 0.739. The maximum absolute atomic E-state index is 5.44. The van der Waals surface area contributed by atoms with Crippen molar-refractivity contribution >= 4 is 33.8 Å². The van der Waals surface area contributed by atoms with Gasteiger partial charge in [0.25, 0.3) is 0 Å². The summed E-state index contributed by atoms with van der Waals surface area (Å²) in [5.74, 6) is 0.625. The average molecular weight is 346 g/mol. The molecule has 0 saturated carbocycles. The number of benzene rings is 1. The molecule has 23 heavy (non-hydrogen) atoms. The van der Waals surface area contributed by atoms with E-state index in [-0.39, 0.29) is 0 Å². The van der Waals surface area contributed by atoms with Crippen LogP contribution < -0.4 is 4.90 Å². The molecular weight excluding hydrogens is 324 g/mol. The number of likely N-dealkylation sites (tertiary alicyclic amines) is 1. The van der Waals surface area contributed by atoms with Gasteiger partial charge in [-0.05, 0) is 24.4 Å². The minimum atomic E-state index is 0.625. The first-order valence-corrected chi connectivity index (χ1v) is 9.34. The Bertz CT molecular complexity index is 835. The van der Waals surface area contributed by atoms with Crippen molar-refractivity contribution in [1.82, 2.24) is 14.1 Å². The van der Waals surface area contributed by atoms with Crippen molar-refractivity contribution in [1.29, 1.82) is 0 Å². The molecule has 0 atom stereocenters. The van der Waals surface area contributed by atoms with E-state index in [9.17, 15) is 0 Å². The number of fused-ring (bicyclic) bond motifs is 1. The van der Waals surface area contributed by atoms with E-state index in [1.807, 2.05) is 29.1 Å². The number of nitrogens with one attached hydrogen (secondary N) is 1. The second-order valence-corrected chi connectivity index (χ2v) is 7.79. The fourth-order valence-electron chi connectivity index (χ4n) is 3.37. The van der Waals surface area contributed by atoms with Gasteiger partial charge < -0.3 is 9.47 Å². The molecule has 0 unspecified atom stereocenters. The number of thiazole rings is 1. The molecule has 1 saturated heterocycles. The minimum absolute atomic E-state index is 0.625. The van der Waals surface area contributed by atoms with Gasteiger partial charge in [0.1, 0.15) is 0 Å². The molecule has 0 radical (unpaired) electrons. The van der Waals surface area contributed by atoms with Gasteiger partial charge in [0, 0.05) is 38.2 Å². The maximum Gasteiger partial charge on any atom is 0.183 e. The Balaban J connectivity index is 1.42. The predicted molar refractivity (Wildman–Crippen MR) is 96.5 cm³/mol. The molecule has 4 nitrogen and oxygen atoms in total. The summed E-state index contributed by atoms with van der Waals surface area (Å²) in [5, 5.41) is 1.32. The van der Waals surface area contributed by atoms with Crippen molar-refractivity contribution in [2.24, 2.45) is 7.05 Å².